The minimum absolute atomic E-state index is 0.00296. The number of likely N-dealkylation sites (tertiary alicyclic amines) is 1. The fourth-order valence-electron chi connectivity index (χ4n) is 11.6. The molecule has 2 saturated carbocycles. The molecule has 4 aromatic rings. The fraction of sp³-hybridized carbons (Fsp3) is 0.545. The normalized spacial score (nSPS) is 23.8. The van der Waals surface area contributed by atoms with Gasteiger partial charge in [0.25, 0.3) is 17.4 Å². The molecule has 72 heavy (non-hydrogen) atoms. The van der Waals surface area contributed by atoms with Gasteiger partial charge in [0.05, 0.1) is 34.3 Å². The van der Waals surface area contributed by atoms with Crippen LogP contribution in [0.4, 0.5) is 9.18 Å². The molecule has 1 N–H and O–H groups in total. The quantitative estimate of drug-likeness (QED) is 0.193. The Labute approximate surface area is 419 Å². The Hall–Kier alpha value is -6.20. The molecule has 0 unspecified atom stereocenters. The van der Waals surface area contributed by atoms with Crippen LogP contribution in [0.1, 0.15) is 116 Å². The number of ether oxygens (including phenoxy) is 2. The van der Waals surface area contributed by atoms with E-state index < -0.39 is 28.8 Å². The van der Waals surface area contributed by atoms with Crippen LogP contribution in [0.25, 0.3) is 10.8 Å². The molecule has 382 valence electrons. The molecular weight excluding hydrogens is 920 g/mol. The first-order valence-corrected chi connectivity index (χ1v) is 25.9. The number of hydrogen-bond donors (Lipinski definition) is 1. The first kappa shape index (κ1) is 49.4. The molecule has 17 heteroatoms. The van der Waals surface area contributed by atoms with E-state index in [-0.39, 0.29) is 52.9 Å². The van der Waals surface area contributed by atoms with Crippen LogP contribution in [0.3, 0.4) is 0 Å². The lowest BCUT2D eigenvalue weighted by Gasteiger charge is -2.55. The van der Waals surface area contributed by atoms with Crippen LogP contribution >= 0.6 is 0 Å². The van der Waals surface area contributed by atoms with Crippen molar-refractivity contribution < 1.29 is 37.8 Å². The van der Waals surface area contributed by atoms with E-state index >= 15 is 4.39 Å². The lowest BCUT2D eigenvalue weighted by atomic mass is 9.65. The zero-order valence-electron chi connectivity index (χ0n) is 41.8. The fourth-order valence-corrected chi connectivity index (χ4v) is 11.6. The first-order chi connectivity index (χ1) is 34.6. The van der Waals surface area contributed by atoms with Gasteiger partial charge in [-0.25, -0.2) is 14.3 Å². The van der Waals surface area contributed by atoms with Gasteiger partial charge < -0.3 is 29.1 Å². The number of fused-ring (bicyclic) bond motifs is 4. The molecule has 16 nitrogen and oxygen atoms in total. The standard InChI is InChI=1S/C55H67FN8O8/c1-53(2,3)72-52(70)64(41-14-15-41)34-47(65)63-21-7-10-40(33-63)38-8-6-9-39(32-38)49(67)60-24-22-59(23-25-60)35-55-19-17-54(18-20-55,36-71-55)51(69)62-28-26-61(27-29-62)50(68)44-30-37(13-16-45(44)56)31-46-42-11-4-5-12-43(42)48(66)58-57-46/h4-6,8-9,11-13,16,30,32,40-41H,7,10,14-15,17-29,31,33-36H2,1-3H3,(H,58,66)/t40-,54?,55?/m1/s1. The number of carbonyl (C=O) groups is 5. The molecular formula is C55H67FN8O8. The summed E-state index contributed by atoms with van der Waals surface area (Å²) in [6.45, 7) is 11.7. The zero-order valence-corrected chi connectivity index (χ0v) is 41.8. The van der Waals surface area contributed by atoms with Gasteiger partial charge in [-0.05, 0) is 114 Å². The van der Waals surface area contributed by atoms with E-state index in [1.807, 2.05) is 71.9 Å². The number of carbonyl (C=O) groups excluding carboxylic acids is 5. The van der Waals surface area contributed by atoms with Gasteiger partial charge in [0.15, 0.2) is 0 Å². The Morgan fingerprint density at radius 3 is 2.18 bits per heavy atom. The van der Waals surface area contributed by atoms with Crippen LogP contribution in [0.2, 0.25) is 0 Å². The van der Waals surface area contributed by atoms with Crippen LogP contribution < -0.4 is 5.56 Å². The van der Waals surface area contributed by atoms with Crippen molar-refractivity contribution >= 4 is 40.5 Å². The highest BCUT2D eigenvalue weighted by Crippen LogP contribution is 2.50. The predicted octanol–water partition coefficient (Wildman–Crippen LogP) is 5.83. The summed E-state index contributed by atoms with van der Waals surface area (Å²) in [4.78, 5) is 91.9. The monoisotopic (exact) mass is 987 g/mol. The number of rotatable bonds is 11. The van der Waals surface area contributed by atoms with Gasteiger partial charge >= 0.3 is 6.09 Å². The van der Waals surface area contributed by atoms with E-state index in [1.54, 1.807) is 34.1 Å². The van der Waals surface area contributed by atoms with Gasteiger partial charge in [0.1, 0.15) is 18.0 Å². The average molecular weight is 987 g/mol. The minimum atomic E-state index is -0.638. The molecule has 7 fully saturated rings. The molecule has 5 aliphatic heterocycles. The van der Waals surface area contributed by atoms with Gasteiger partial charge in [-0.15, -0.1) is 0 Å². The number of piperazine rings is 2. The number of nitrogens with one attached hydrogen (secondary N) is 1. The molecule has 11 rings (SSSR count). The summed E-state index contributed by atoms with van der Waals surface area (Å²) < 4.78 is 27.5. The average Bonchev–Trinajstić information content (AvgIpc) is 4.25. The van der Waals surface area contributed by atoms with Crippen molar-refractivity contribution in [3.8, 4) is 0 Å². The molecule has 1 aromatic heterocycles. The summed E-state index contributed by atoms with van der Waals surface area (Å²) in [7, 11) is 0. The molecule has 5 saturated heterocycles. The van der Waals surface area contributed by atoms with Crippen molar-refractivity contribution in [2.75, 3.05) is 85.1 Å². The van der Waals surface area contributed by atoms with Crippen molar-refractivity contribution in [3.63, 3.8) is 0 Å². The second-order valence-electron chi connectivity index (χ2n) is 22.1. The molecule has 7 aliphatic rings. The number of nitrogens with zero attached hydrogens (tertiary/aromatic N) is 7. The molecule has 5 amide bonds. The maximum absolute atomic E-state index is 15.2. The molecule has 2 bridgehead atoms. The summed E-state index contributed by atoms with van der Waals surface area (Å²) in [5.41, 5.74) is 1.11. The number of H-pyrrole nitrogens is 1. The number of benzene rings is 3. The number of hydrogen-bond acceptors (Lipinski definition) is 10. The second-order valence-corrected chi connectivity index (χ2v) is 22.1. The summed E-state index contributed by atoms with van der Waals surface area (Å²) >= 11 is 0. The highest BCUT2D eigenvalue weighted by Gasteiger charge is 2.55. The summed E-state index contributed by atoms with van der Waals surface area (Å²) in [6.07, 6.45) is 6.39. The number of aromatic amines is 1. The number of halogens is 1. The van der Waals surface area contributed by atoms with Crippen molar-refractivity contribution in [1.82, 2.24) is 39.6 Å². The maximum atomic E-state index is 15.2. The maximum Gasteiger partial charge on any atom is 0.411 e. The van der Waals surface area contributed by atoms with Crippen molar-refractivity contribution in [2.24, 2.45) is 5.41 Å². The highest BCUT2D eigenvalue weighted by atomic mass is 19.1. The molecule has 6 heterocycles. The molecule has 2 aliphatic carbocycles. The smallest absolute Gasteiger partial charge is 0.411 e. The third kappa shape index (κ3) is 10.5. The number of piperidine rings is 1. The summed E-state index contributed by atoms with van der Waals surface area (Å²) in [6, 6.07) is 19.6. The Balaban J connectivity index is 0.676. The topological polar surface area (TPSA) is 169 Å². The Kier molecular flexibility index (Phi) is 13.7. The van der Waals surface area contributed by atoms with Gasteiger partial charge in [-0.1, -0.05) is 36.4 Å². The Morgan fingerprint density at radius 2 is 1.49 bits per heavy atom. The van der Waals surface area contributed by atoms with E-state index in [2.05, 4.69) is 15.1 Å². The van der Waals surface area contributed by atoms with Gasteiger partial charge in [-0.3, -0.25) is 33.8 Å². The van der Waals surface area contributed by atoms with E-state index in [0.29, 0.717) is 93.0 Å². The molecule has 1 atom stereocenters. The third-order valence-corrected chi connectivity index (χ3v) is 16.0. The van der Waals surface area contributed by atoms with Crippen LogP contribution in [0.15, 0.2) is 71.5 Å². The Morgan fingerprint density at radius 1 is 0.792 bits per heavy atom. The summed E-state index contributed by atoms with van der Waals surface area (Å²) in [5.74, 6) is -0.946. The molecule has 0 radical (unpaired) electrons. The summed E-state index contributed by atoms with van der Waals surface area (Å²) in [5, 5.41) is 7.99. The second kappa shape index (κ2) is 20.0. The van der Waals surface area contributed by atoms with Gasteiger partial charge in [0, 0.05) is 101 Å². The lowest BCUT2D eigenvalue weighted by molar-refractivity contribution is -0.203. The number of amides is 5. The SMILES string of the molecule is CC(C)(C)OC(=O)N(CC(=O)N1CCC[C@@H](c2cccc(C(=O)N3CCN(CC45CCC(C(=O)N6CCN(C(=O)c7cc(Cc8n[nH]c(=O)c9ccccc89)ccc7F)CC6)(CC4)CO5)CC3)c2)C1)C1CC1. The molecule has 0 spiro atoms. The van der Waals surface area contributed by atoms with E-state index in [4.69, 9.17) is 9.47 Å². The van der Waals surface area contributed by atoms with Gasteiger partial charge in [0.2, 0.25) is 11.8 Å². The Bertz CT molecular complexity index is 2770. The largest absolute Gasteiger partial charge is 0.444 e. The van der Waals surface area contributed by atoms with Crippen LogP contribution in [0, 0.1) is 11.2 Å². The van der Waals surface area contributed by atoms with Crippen molar-refractivity contribution in [3.05, 3.63) is 111 Å². The van der Waals surface area contributed by atoms with Crippen LogP contribution in [-0.4, -0.2) is 172 Å². The van der Waals surface area contributed by atoms with Gasteiger partial charge in [-0.2, -0.15) is 5.10 Å². The van der Waals surface area contributed by atoms with E-state index in [0.717, 1.165) is 76.6 Å². The molecule has 3 aromatic carbocycles. The first-order valence-electron chi connectivity index (χ1n) is 25.9. The third-order valence-electron chi connectivity index (χ3n) is 16.0. The van der Waals surface area contributed by atoms with Crippen molar-refractivity contribution in [2.45, 2.75) is 102 Å². The van der Waals surface area contributed by atoms with E-state index in [9.17, 15) is 28.8 Å². The van der Waals surface area contributed by atoms with Crippen LogP contribution in [-0.2, 0) is 25.5 Å². The van der Waals surface area contributed by atoms with Crippen molar-refractivity contribution in [1.29, 1.82) is 0 Å². The highest BCUT2D eigenvalue weighted by molar-refractivity contribution is 5.95. The lowest BCUT2D eigenvalue weighted by Crippen LogP contribution is -2.63. The number of aromatic nitrogens is 2. The van der Waals surface area contributed by atoms with Crippen LogP contribution in [0.5, 0.6) is 0 Å². The van der Waals surface area contributed by atoms with E-state index in [1.165, 1.54) is 6.07 Å². The minimum Gasteiger partial charge on any atom is -0.444 e. The zero-order chi connectivity index (χ0) is 50.4. The predicted molar refractivity (Wildman–Crippen MR) is 267 cm³/mol.